The summed E-state index contributed by atoms with van der Waals surface area (Å²) in [5, 5.41) is 121. The van der Waals surface area contributed by atoms with Crippen molar-refractivity contribution >= 4 is 5.91 Å². The quantitative estimate of drug-likeness (QED) is 0.0199. The van der Waals surface area contributed by atoms with E-state index in [4.69, 9.17) is 28.4 Å². The molecule has 3 saturated heterocycles. The van der Waals surface area contributed by atoms with Gasteiger partial charge in [0, 0.05) is 6.42 Å². The zero-order valence-corrected chi connectivity index (χ0v) is 59.0. The molecule has 3 aliphatic heterocycles. The highest BCUT2D eigenvalue weighted by molar-refractivity contribution is 5.76. The molecular formula is C75H141NO18. The molecule has 17 atom stereocenters. The van der Waals surface area contributed by atoms with Crippen molar-refractivity contribution < 1.29 is 89.4 Å². The van der Waals surface area contributed by atoms with E-state index in [1.807, 2.05) is 0 Å². The molecule has 0 spiro atoms. The maximum absolute atomic E-state index is 13.5. The van der Waals surface area contributed by atoms with Crippen molar-refractivity contribution in [3.05, 3.63) is 24.3 Å². The van der Waals surface area contributed by atoms with Crippen molar-refractivity contribution in [2.24, 2.45) is 0 Å². The molecule has 0 radical (unpaired) electrons. The van der Waals surface area contributed by atoms with Gasteiger partial charge in [-0.25, -0.2) is 0 Å². The Hall–Kier alpha value is -1.73. The van der Waals surface area contributed by atoms with E-state index >= 15 is 0 Å². The minimum absolute atomic E-state index is 0.239. The van der Waals surface area contributed by atoms with Crippen LogP contribution in [0, 0.1) is 0 Å². The van der Waals surface area contributed by atoms with Gasteiger partial charge < -0.3 is 89.9 Å². The summed E-state index contributed by atoms with van der Waals surface area (Å²) in [6, 6.07) is -0.887. The second kappa shape index (κ2) is 57.0. The van der Waals surface area contributed by atoms with Crippen molar-refractivity contribution in [2.75, 3.05) is 26.4 Å². The van der Waals surface area contributed by atoms with Crippen LogP contribution in [0.4, 0.5) is 0 Å². The first kappa shape index (κ1) is 86.5. The lowest BCUT2D eigenvalue weighted by Crippen LogP contribution is -2.66. The van der Waals surface area contributed by atoms with Gasteiger partial charge in [-0.3, -0.25) is 4.79 Å². The molecule has 3 heterocycles. The Morgan fingerprint density at radius 1 is 0.383 bits per heavy atom. The number of aliphatic hydroxyl groups excluding tert-OH is 11. The van der Waals surface area contributed by atoms with Crippen LogP contribution in [-0.4, -0.2) is 193 Å². The van der Waals surface area contributed by atoms with Crippen LogP contribution in [0.15, 0.2) is 24.3 Å². The number of unbranched alkanes of at least 4 members (excludes halogenated alkanes) is 41. The highest BCUT2D eigenvalue weighted by Crippen LogP contribution is 2.33. The minimum atomic E-state index is -1.97. The lowest BCUT2D eigenvalue weighted by Gasteiger charge is -2.48. The number of carbonyl (C=O) groups is 1. The number of amides is 1. The maximum Gasteiger partial charge on any atom is 0.220 e. The average Bonchev–Trinajstić information content (AvgIpc) is 0.788. The highest BCUT2D eigenvalue weighted by Gasteiger charge is 2.53. The van der Waals surface area contributed by atoms with E-state index in [0.717, 1.165) is 51.4 Å². The molecule has 3 rings (SSSR count). The first-order valence-electron chi connectivity index (χ1n) is 38.6. The lowest BCUT2D eigenvalue weighted by atomic mass is 9.96. The molecule has 17 unspecified atom stereocenters. The normalized spacial score (nSPS) is 27.4. The van der Waals surface area contributed by atoms with Crippen LogP contribution in [0.25, 0.3) is 0 Å². The predicted molar refractivity (Wildman–Crippen MR) is 370 cm³/mol. The molecule has 19 heteroatoms. The van der Waals surface area contributed by atoms with Gasteiger partial charge in [-0.15, -0.1) is 0 Å². The summed E-state index contributed by atoms with van der Waals surface area (Å²) in [7, 11) is 0. The number of carbonyl (C=O) groups excluding carboxylic acids is 1. The number of nitrogens with one attached hydrogen (secondary N) is 1. The molecule has 3 fully saturated rings. The molecule has 0 aromatic carbocycles. The van der Waals surface area contributed by atoms with E-state index in [1.165, 1.54) is 231 Å². The van der Waals surface area contributed by atoms with Gasteiger partial charge in [0.05, 0.1) is 38.6 Å². The molecule has 0 aromatic heterocycles. The Kier molecular flexibility index (Phi) is 52.4. The molecule has 0 aromatic rings. The second-order valence-corrected chi connectivity index (χ2v) is 27.8. The number of ether oxygens (including phenoxy) is 6. The largest absolute Gasteiger partial charge is 0.394 e. The molecule has 0 saturated carbocycles. The van der Waals surface area contributed by atoms with Crippen LogP contribution in [0.1, 0.15) is 316 Å². The summed E-state index contributed by atoms with van der Waals surface area (Å²) in [5.74, 6) is -0.239. The van der Waals surface area contributed by atoms with Crippen molar-refractivity contribution in [2.45, 2.75) is 420 Å². The Bertz CT molecular complexity index is 1800. The fourth-order valence-electron chi connectivity index (χ4n) is 13.3. The summed E-state index contributed by atoms with van der Waals surface area (Å²) < 4.78 is 34.5. The van der Waals surface area contributed by atoms with E-state index < -0.39 is 124 Å². The molecular weight excluding hydrogens is 1200 g/mol. The van der Waals surface area contributed by atoms with Crippen LogP contribution >= 0.6 is 0 Å². The summed E-state index contributed by atoms with van der Waals surface area (Å²) in [6.45, 7) is 1.84. The Balaban J connectivity index is 1.39. The Labute approximate surface area is 568 Å². The molecule has 0 bridgehead atoms. The van der Waals surface area contributed by atoms with E-state index in [1.54, 1.807) is 0 Å². The van der Waals surface area contributed by atoms with Crippen LogP contribution in [0.5, 0.6) is 0 Å². The van der Waals surface area contributed by atoms with E-state index in [0.29, 0.717) is 12.8 Å². The number of hydrogen-bond donors (Lipinski definition) is 12. The first-order valence-corrected chi connectivity index (χ1v) is 38.6. The highest BCUT2D eigenvalue weighted by atomic mass is 16.8. The van der Waals surface area contributed by atoms with Crippen molar-refractivity contribution in [3.63, 3.8) is 0 Å². The van der Waals surface area contributed by atoms with Crippen LogP contribution in [0.2, 0.25) is 0 Å². The first-order chi connectivity index (χ1) is 45.8. The summed E-state index contributed by atoms with van der Waals surface area (Å²) in [6.07, 6.45) is 39.7. The zero-order valence-electron chi connectivity index (χ0n) is 59.0. The summed E-state index contributed by atoms with van der Waals surface area (Å²) in [4.78, 5) is 13.5. The molecule has 1 amide bonds. The van der Waals surface area contributed by atoms with Crippen molar-refractivity contribution in [3.8, 4) is 0 Å². The van der Waals surface area contributed by atoms with Crippen LogP contribution < -0.4 is 5.32 Å². The SMILES string of the molecule is CCCCCCC/C=C\C/C=C\CCCCCCCCCCCCCCCC(=O)NC(COC1OC(CO)C(OC2OC(CO)C(OC3OC(CO)C(O)C(O)C3O)C(O)C2O)C(O)C1O)C(O)CCCCCCCCCCCCCCCCCCCCCCCCCC. The summed E-state index contributed by atoms with van der Waals surface area (Å²) >= 11 is 0. The van der Waals surface area contributed by atoms with Gasteiger partial charge in [-0.2, -0.15) is 0 Å². The molecule has 3 aliphatic rings. The molecule has 554 valence electrons. The van der Waals surface area contributed by atoms with Crippen LogP contribution in [-0.2, 0) is 33.2 Å². The fourth-order valence-corrected chi connectivity index (χ4v) is 13.3. The van der Waals surface area contributed by atoms with Gasteiger partial charge >= 0.3 is 0 Å². The lowest BCUT2D eigenvalue weighted by molar-refractivity contribution is -0.379. The number of aliphatic hydroxyl groups is 11. The zero-order chi connectivity index (χ0) is 68.2. The smallest absolute Gasteiger partial charge is 0.220 e. The predicted octanol–water partition coefficient (Wildman–Crippen LogP) is 11.8. The molecule has 19 nitrogen and oxygen atoms in total. The van der Waals surface area contributed by atoms with Crippen molar-refractivity contribution in [1.82, 2.24) is 5.32 Å². The number of rotatable bonds is 61. The molecule has 0 aliphatic carbocycles. The third kappa shape index (κ3) is 37.6. The van der Waals surface area contributed by atoms with Crippen molar-refractivity contribution in [1.29, 1.82) is 0 Å². The maximum atomic E-state index is 13.5. The van der Waals surface area contributed by atoms with Crippen LogP contribution in [0.3, 0.4) is 0 Å². The Morgan fingerprint density at radius 2 is 0.702 bits per heavy atom. The minimum Gasteiger partial charge on any atom is -0.394 e. The standard InChI is InChI=1S/C75H141NO18/c1-3-5-7-9-11-13-15-17-19-21-23-25-27-29-31-33-35-37-39-41-43-45-47-49-51-53-63(81)76-58(59(80)52-50-48-46-44-42-40-38-36-34-32-30-28-26-24-22-20-18-16-14-12-10-8-6-4-2)57-89-73-69(87)66(84)71(61(55-78)91-73)94-75-70(88)67(85)72(62(56-79)92-75)93-74-68(86)65(83)64(82)60(54-77)90-74/h15,17,21,23,58-62,64-75,77-80,82-88H,3-14,16,18-20,22,24-57H2,1-2H3,(H,76,81)/b17-15-,23-21-. The van der Waals surface area contributed by atoms with Gasteiger partial charge in [0.25, 0.3) is 0 Å². The van der Waals surface area contributed by atoms with Gasteiger partial charge in [-0.05, 0) is 44.9 Å². The molecule has 12 N–H and O–H groups in total. The average molecular weight is 1340 g/mol. The second-order valence-electron chi connectivity index (χ2n) is 27.8. The molecule has 94 heavy (non-hydrogen) atoms. The number of allylic oxidation sites excluding steroid dienone is 4. The third-order valence-corrected chi connectivity index (χ3v) is 19.5. The number of hydrogen-bond acceptors (Lipinski definition) is 18. The van der Waals surface area contributed by atoms with Gasteiger partial charge in [0.1, 0.15) is 73.2 Å². The monoisotopic (exact) mass is 1340 g/mol. The summed E-state index contributed by atoms with van der Waals surface area (Å²) in [5.41, 5.74) is 0. The van der Waals surface area contributed by atoms with E-state index in [-0.39, 0.29) is 18.9 Å². The van der Waals surface area contributed by atoms with E-state index in [2.05, 4.69) is 43.5 Å². The third-order valence-electron chi connectivity index (χ3n) is 19.5. The topological polar surface area (TPSA) is 307 Å². The van der Waals surface area contributed by atoms with Gasteiger partial charge in [-0.1, -0.05) is 289 Å². The van der Waals surface area contributed by atoms with E-state index in [9.17, 15) is 61.0 Å². The fraction of sp³-hybridized carbons (Fsp3) is 0.933. The van der Waals surface area contributed by atoms with Gasteiger partial charge in [0.15, 0.2) is 18.9 Å². The Morgan fingerprint density at radius 3 is 1.09 bits per heavy atom. The van der Waals surface area contributed by atoms with Gasteiger partial charge in [0.2, 0.25) is 5.91 Å².